The SMILES string of the molecule is CCNC(=O)NC(=O)COC(=O)c1ccccc1NS(=O)(=O)c1cccs1. The smallest absolute Gasteiger partial charge is 0.340 e. The van der Waals surface area contributed by atoms with Crippen LogP contribution >= 0.6 is 11.3 Å². The molecule has 0 aliphatic carbocycles. The molecule has 0 aliphatic heterocycles. The average molecular weight is 411 g/mol. The van der Waals surface area contributed by atoms with Crippen LogP contribution in [0.5, 0.6) is 0 Å². The maximum Gasteiger partial charge on any atom is 0.340 e. The van der Waals surface area contributed by atoms with Crippen molar-refractivity contribution in [2.75, 3.05) is 17.9 Å². The van der Waals surface area contributed by atoms with Gasteiger partial charge in [-0.2, -0.15) is 0 Å². The van der Waals surface area contributed by atoms with Crippen LogP contribution in [-0.4, -0.2) is 39.5 Å². The first-order valence-corrected chi connectivity index (χ1v) is 10.1. The van der Waals surface area contributed by atoms with E-state index in [-0.39, 0.29) is 15.5 Å². The third-order valence-corrected chi connectivity index (χ3v) is 5.84. The van der Waals surface area contributed by atoms with E-state index in [9.17, 15) is 22.8 Å². The van der Waals surface area contributed by atoms with E-state index in [0.717, 1.165) is 11.3 Å². The second kappa shape index (κ2) is 9.14. The highest BCUT2D eigenvalue weighted by atomic mass is 32.2. The van der Waals surface area contributed by atoms with Gasteiger partial charge in [0.25, 0.3) is 15.9 Å². The van der Waals surface area contributed by atoms with Gasteiger partial charge in [0.15, 0.2) is 6.61 Å². The van der Waals surface area contributed by atoms with Crippen molar-refractivity contribution in [2.45, 2.75) is 11.1 Å². The number of sulfonamides is 1. The number of esters is 1. The predicted octanol–water partition coefficient (Wildman–Crippen LogP) is 1.55. The van der Waals surface area contributed by atoms with E-state index in [1.807, 2.05) is 5.32 Å². The third kappa shape index (κ3) is 5.79. The summed E-state index contributed by atoms with van der Waals surface area (Å²) in [5.74, 6) is -1.73. The van der Waals surface area contributed by atoms with E-state index >= 15 is 0 Å². The van der Waals surface area contributed by atoms with Gasteiger partial charge in [-0.3, -0.25) is 14.8 Å². The molecule has 1 aromatic carbocycles. The Bertz CT molecular complexity index is 925. The van der Waals surface area contributed by atoms with E-state index in [4.69, 9.17) is 4.74 Å². The quantitative estimate of drug-likeness (QED) is 0.593. The number of carbonyl (C=O) groups excluding carboxylic acids is 3. The van der Waals surface area contributed by atoms with Gasteiger partial charge < -0.3 is 10.1 Å². The molecule has 1 aromatic heterocycles. The zero-order chi connectivity index (χ0) is 19.9. The number of imide groups is 1. The van der Waals surface area contributed by atoms with Crippen LogP contribution in [0.4, 0.5) is 10.5 Å². The summed E-state index contributed by atoms with van der Waals surface area (Å²) in [6.45, 7) is 1.32. The van der Waals surface area contributed by atoms with Crippen molar-refractivity contribution in [1.82, 2.24) is 10.6 Å². The fourth-order valence-corrected chi connectivity index (χ4v) is 4.01. The van der Waals surface area contributed by atoms with E-state index in [1.54, 1.807) is 24.4 Å². The lowest BCUT2D eigenvalue weighted by Crippen LogP contribution is -2.41. The van der Waals surface area contributed by atoms with Gasteiger partial charge in [-0.1, -0.05) is 18.2 Å². The number of hydrogen-bond acceptors (Lipinski definition) is 7. The van der Waals surface area contributed by atoms with Gasteiger partial charge in [-0.05, 0) is 30.5 Å². The molecule has 144 valence electrons. The summed E-state index contributed by atoms with van der Waals surface area (Å²) in [5, 5.41) is 5.95. The van der Waals surface area contributed by atoms with Crippen molar-refractivity contribution in [1.29, 1.82) is 0 Å². The Morgan fingerprint density at radius 2 is 1.85 bits per heavy atom. The average Bonchev–Trinajstić information content (AvgIpc) is 3.15. The Balaban J connectivity index is 2.05. The Kier molecular flexibility index (Phi) is 6.91. The number of rotatable bonds is 7. The minimum atomic E-state index is -3.85. The second-order valence-electron chi connectivity index (χ2n) is 5.07. The summed E-state index contributed by atoms with van der Waals surface area (Å²) < 4.78 is 31.9. The number of amides is 3. The van der Waals surface area contributed by atoms with E-state index in [2.05, 4.69) is 10.0 Å². The fraction of sp³-hybridized carbons (Fsp3) is 0.188. The largest absolute Gasteiger partial charge is 0.452 e. The molecule has 0 saturated heterocycles. The molecule has 9 nitrogen and oxygen atoms in total. The van der Waals surface area contributed by atoms with E-state index in [0.29, 0.717) is 6.54 Å². The number of para-hydroxylation sites is 1. The number of thiophene rings is 1. The Morgan fingerprint density at radius 1 is 1.11 bits per heavy atom. The fourth-order valence-electron chi connectivity index (χ4n) is 1.94. The number of carbonyl (C=O) groups is 3. The van der Waals surface area contributed by atoms with E-state index in [1.165, 1.54) is 24.3 Å². The molecule has 0 aliphatic rings. The third-order valence-electron chi connectivity index (χ3n) is 3.08. The molecule has 0 spiro atoms. The number of ether oxygens (including phenoxy) is 1. The number of hydrogen-bond donors (Lipinski definition) is 3. The van der Waals surface area contributed by atoms with Crippen molar-refractivity contribution < 1.29 is 27.5 Å². The molecule has 0 atom stereocenters. The molecule has 0 saturated carbocycles. The van der Waals surface area contributed by atoms with Crippen LogP contribution in [0.2, 0.25) is 0 Å². The molecule has 0 fully saturated rings. The minimum absolute atomic E-state index is 0.0139. The van der Waals surface area contributed by atoms with Crippen LogP contribution in [0.15, 0.2) is 46.0 Å². The second-order valence-corrected chi connectivity index (χ2v) is 7.92. The number of urea groups is 1. The first-order valence-electron chi connectivity index (χ1n) is 7.73. The molecule has 0 bridgehead atoms. The maximum atomic E-state index is 12.3. The van der Waals surface area contributed by atoms with Gasteiger partial charge in [0.2, 0.25) is 0 Å². The molecule has 2 rings (SSSR count). The highest BCUT2D eigenvalue weighted by Gasteiger charge is 2.20. The van der Waals surface area contributed by atoms with Crippen LogP contribution < -0.4 is 15.4 Å². The first kappa shape index (κ1) is 20.4. The lowest BCUT2D eigenvalue weighted by atomic mass is 10.2. The number of benzene rings is 1. The molecule has 0 unspecified atom stereocenters. The molecule has 1 heterocycles. The van der Waals surface area contributed by atoms with Gasteiger partial charge in [-0.15, -0.1) is 11.3 Å². The van der Waals surface area contributed by atoms with Crippen molar-refractivity contribution in [3.05, 3.63) is 47.3 Å². The monoisotopic (exact) mass is 411 g/mol. The molecule has 2 aromatic rings. The summed E-state index contributed by atoms with van der Waals surface area (Å²) in [4.78, 5) is 35.0. The van der Waals surface area contributed by atoms with Crippen LogP contribution in [0.1, 0.15) is 17.3 Å². The van der Waals surface area contributed by atoms with E-state index < -0.39 is 34.5 Å². The first-order chi connectivity index (χ1) is 12.8. The lowest BCUT2D eigenvalue weighted by molar-refractivity contribution is -0.123. The molecule has 27 heavy (non-hydrogen) atoms. The summed E-state index contributed by atoms with van der Waals surface area (Å²) in [7, 11) is -3.85. The molecular formula is C16H17N3O6S2. The van der Waals surface area contributed by atoms with Gasteiger partial charge >= 0.3 is 12.0 Å². The maximum absolute atomic E-state index is 12.3. The summed E-state index contributed by atoms with van der Waals surface area (Å²) in [6.07, 6.45) is 0. The van der Waals surface area contributed by atoms with Crippen molar-refractivity contribution in [3.63, 3.8) is 0 Å². The summed E-state index contributed by atoms with van der Waals surface area (Å²) in [5.41, 5.74) is -0.0523. The van der Waals surface area contributed by atoms with Crippen LogP contribution in [0, 0.1) is 0 Å². The van der Waals surface area contributed by atoms with Gasteiger partial charge in [0, 0.05) is 6.54 Å². The van der Waals surface area contributed by atoms with Crippen LogP contribution in [0.25, 0.3) is 0 Å². The predicted molar refractivity (Wildman–Crippen MR) is 99.1 cm³/mol. The molecule has 0 radical (unpaired) electrons. The van der Waals surface area contributed by atoms with Crippen LogP contribution in [0.3, 0.4) is 0 Å². The Morgan fingerprint density at radius 3 is 2.52 bits per heavy atom. The van der Waals surface area contributed by atoms with Crippen molar-refractivity contribution >= 4 is 45.0 Å². The Hall–Kier alpha value is -2.92. The van der Waals surface area contributed by atoms with Crippen molar-refractivity contribution in [3.8, 4) is 0 Å². The van der Waals surface area contributed by atoms with Gasteiger partial charge in [0.05, 0.1) is 11.3 Å². The normalized spacial score (nSPS) is 10.7. The van der Waals surface area contributed by atoms with Crippen LogP contribution in [-0.2, 0) is 19.6 Å². The highest BCUT2D eigenvalue weighted by molar-refractivity contribution is 7.94. The highest BCUT2D eigenvalue weighted by Crippen LogP contribution is 2.23. The van der Waals surface area contributed by atoms with Gasteiger partial charge in [0.1, 0.15) is 4.21 Å². The number of anilines is 1. The zero-order valence-electron chi connectivity index (χ0n) is 14.2. The number of nitrogens with one attached hydrogen (secondary N) is 3. The van der Waals surface area contributed by atoms with Crippen molar-refractivity contribution in [2.24, 2.45) is 0 Å². The minimum Gasteiger partial charge on any atom is -0.452 e. The Labute approximate surface area is 159 Å². The topological polar surface area (TPSA) is 131 Å². The standard InChI is InChI=1S/C16H17N3O6S2/c1-2-17-16(22)18-13(20)10-25-15(21)11-6-3-4-7-12(11)19-27(23,24)14-8-5-9-26-14/h3-9,19H,2,10H2,1H3,(H2,17,18,20,22). The zero-order valence-corrected chi connectivity index (χ0v) is 15.9. The molecule has 11 heteroatoms. The lowest BCUT2D eigenvalue weighted by Gasteiger charge is -2.11. The molecule has 3 amide bonds. The summed E-state index contributed by atoms with van der Waals surface area (Å²) in [6, 6.07) is 8.14. The summed E-state index contributed by atoms with van der Waals surface area (Å²) >= 11 is 1.03. The molecule has 3 N–H and O–H groups in total. The van der Waals surface area contributed by atoms with Gasteiger partial charge in [-0.25, -0.2) is 18.0 Å². The molecular weight excluding hydrogens is 394 g/mol.